The number of hydrogen-bond donors (Lipinski definition) is 1. The van der Waals surface area contributed by atoms with E-state index in [2.05, 4.69) is 5.32 Å². The van der Waals surface area contributed by atoms with Crippen LogP contribution in [0.25, 0.3) is 0 Å². The van der Waals surface area contributed by atoms with Gasteiger partial charge in [0.05, 0.1) is 5.92 Å². The van der Waals surface area contributed by atoms with E-state index in [4.69, 9.17) is 4.74 Å². The third kappa shape index (κ3) is 5.54. The van der Waals surface area contributed by atoms with Crippen LogP contribution < -0.4 is 10.1 Å². The van der Waals surface area contributed by atoms with E-state index in [9.17, 15) is 14.0 Å². The van der Waals surface area contributed by atoms with E-state index in [1.54, 1.807) is 18.2 Å². The van der Waals surface area contributed by atoms with Gasteiger partial charge >= 0.3 is 6.03 Å². The maximum Gasteiger partial charge on any atom is 0.320 e. The number of nitrogens with zero attached hydrogens (tertiary/aromatic N) is 2. The largest absolute Gasteiger partial charge is 0.489 e. The van der Waals surface area contributed by atoms with Crippen LogP contribution in [0.5, 0.6) is 5.75 Å². The van der Waals surface area contributed by atoms with Crippen LogP contribution in [0.3, 0.4) is 0 Å². The van der Waals surface area contributed by atoms with Crippen molar-refractivity contribution in [3.8, 4) is 5.75 Å². The summed E-state index contributed by atoms with van der Waals surface area (Å²) in [6.45, 7) is 3.12. The van der Waals surface area contributed by atoms with E-state index in [-0.39, 0.29) is 23.7 Å². The van der Waals surface area contributed by atoms with Gasteiger partial charge in [-0.05, 0) is 55.5 Å². The number of hydrogen-bond acceptors (Lipinski definition) is 3. The first-order valence-electron chi connectivity index (χ1n) is 10.9. The molecule has 0 radical (unpaired) electrons. The van der Waals surface area contributed by atoms with Gasteiger partial charge in [0.1, 0.15) is 18.2 Å². The Morgan fingerprint density at radius 2 is 1.74 bits per heavy atom. The summed E-state index contributed by atoms with van der Waals surface area (Å²) in [5, 5.41) is 2.97. The summed E-state index contributed by atoms with van der Waals surface area (Å²) in [5.74, 6) is 0.0483. The number of carbonyl (C=O) groups excluding carboxylic acids is 2. The molecule has 2 heterocycles. The molecule has 2 fully saturated rings. The lowest BCUT2D eigenvalue weighted by Crippen LogP contribution is -2.48. The van der Waals surface area contributed by atoms with Crippen molar-refractivity contribution < 1.29 is 18.7 Å². The number of nitrogens with one attached hydrogen (secondary N) is 1. The summed E-state index contributed by atoms with van der Waals surface area (Å²) >= 11 is 0. The first-order chi connectivity index (χ1) is 15.1. The predicted molar refractivity (Wildman–Crippen MR) is 116 cm³/mol. The summed E-state index contributed by atoms with van der Waals surface area (Å²) < 4.78 is 18.8. The Bertz CT molecular complexity index is 913. The Hall–Kier alpha value is -3.09. The Kier molecular flexibility index (Phi) is 6.70. The van der Waals surface area contributed by atoms with Crippen LogP contribution in [0.4, 0.5) is 14.9 Å². The van der Waals surface area contributed by atoms with Crippen molar-refractivity contribution in [3.05, 3.63) is 59.9 Å². The third-order valence-corrected chi connectivity index (χ3v) is 5.86. The molecule has 0 saturated carbocycles. The molecule has 0 aliphatic carbocycles. The van der Waals surface area contributed by atoms with Gasteiger partial charge in [0.2, 0.25) is 5.91 Å². The summed E-state index contributed by atoms with van der Waals surface area (Å²) in [6, 6.07) is 13.4. The molecule has 2 aromatic rings. The molecule has 2 aliphatic rings. The van der Waals surface area contributed by atoms with Crippen molar-refractivity contribution in [1.29, 1.82) is 0 Å². The zero-order valence-electron chi connectivity index (χ0n) is 17.6. The van der Waals surface area contributed by atoms with Crippen LogP contribution in [0.15, 0.2) is 48.5 Å². The van der Waals surface area contributed by atoms with Gasteiger partial charge in [-0.25, -0.2) is 9.18 Å². The number of piperidine rings is 1. The van der Waals surface area contributed by atoms with Gasteiger partial charge < -0.3 is 19.9 Å². The fourth-order valence-electron chi connectivity index (χ4n) is 4.13. The first kappa shape index (κ1) is 21.2. The van der Waals surface area contributed by atoms with Crippen LogP contribution in [-0.4, -0.2) is 47.9 Å². The number of ether oxygens (including phenoxy) is 1. The third-order valence-electron chi connectivity index (χ3n) is 5.86. The van der Waals surface area contributed by atoms with Gasteiger partial charge in [0.15, 0.2) is 0 Å². The van der Waals surface area contributed by atoms with Crippen molar-refractivity contribution in [2.75, 3.05) is 31.5 Å². The highest BCUT2D eigenvalue weighted by Gasteiger charge is 2.31. The second kappa shape index (κ2) is 9.81. The average Bonchev–Trinajstić information content (AvgIpc) is 3.33. The van der Waals surface area contributed by atoms with E-state index in [0.717, 1.165) is 44.3 Å². The number of rotatable bonds is 5. The molecule has 6 nitrogen and oxygen atoms in total. The molecule has 7 heteroatoms. The minimum absolute atomic E-state index is 0.0613. The van der Waals surface area contributed by atoms with Crippen LogP contribution in [0.2, 0.25) is 0 Å². The zero-order chi connectivity index (χ0) is 21.6. The normalized spacial score (nSPS) is 18.7. The number of carbonyl (C=O) groups is 2. The Balaban J connectivity index is 1.32. The molecular formula is C24H28FN3O3. The number of likely N-dealkylation sites (tertiary alicyclic amines) is 2. The van der Waals surface area contributed by atoms with Crippen LogP contribution in [0, 0.1) is 11.7 Å². The summed E-state index contributed by atoms with van der Waals surface area (Å²) in [6.07, 6.45) is 3.72. The second-order valence-corrected chi connectivity index (χ2v) is 8.19. The van der Waals surface area contributed by atoms with E-state index < -0.39 is 0 Å². The number of anilines is 1. The molecule has 0 bridgehead atoms. The van der Waals surface area contributed by atoms with Crippen LogP contribution >= 0.6 is 0 Å². The van der Waals surface area contributed by atoms with Gasteiger partial charge in [-0.2, -0.15) is 0 Å². The molecule has 2 aromatic carbocycles. The van der Waals surface area contributed by atoms with Crippen molar-refractivity contribution in [2.45, 2.75) is 32.3 Å². The average molecular weight is 426 g/mol. The van der Waals surface area contributed by atoms with E-state index in [1.807, 2.05) is 28.0 Å². The number of urea groups is 1. The molecule has 2 saturated heterocycles. The molecule has 3 amide bonds. The highest BCUT2D eigenvalue weighted by molar-refractivity contribution is 5.93. The van der Waals surface area contributed by atoms with E-state index in [1.165, 1.54) is 12.1 Å². The maximum absolute atomic E-state index is 13.0. The van der Waals surface area contributed by atoms with Crippen molar-refractivity contribution >= 4 is 17.6 Å². The summed E-state index contributed by atoms with van der Waals surface area (Å²) in [5.41, 5.74) is 1.52. The van der Waals surface area contributed by atoms with Crippen LogP contribution in [0.1, 0.15) is 31.2 Å². The number of benzene rings is 2. The monoisotopic (exact) mass is 425 g/mol. The summed E-state index contributed by atoms with van der Waals surface area (Å²) in [7, 11) is 0. The first-order valence-corrected chi connectivity index (χ1v) is 10.9. The standard InChI is InChI=1S/C24H28FN3O3/c25-20-10-8-18(9-11-20)17-31-22-7-3-6-21(15-22)26-23(29)19-5-4-14-28(16-19)24(30)27-12-1-2-13-27/h3,6-11,15,19H,1-2,4-5,12-14,16-17H2,(H,26,29)/t19-/m0/s1. The molecule has 1 atom stereocenters. The van der Waals surface area contributed by atoms with Crippen molar-refractivity contribution in [2.24, 2.45) is 5.92 Å². The fraction of sp³-hybridized carbons (Fsp3) is 0.417. The quantitative estimate of drug-likeness (QED) is 0.778. The molecule has 31 heavy (non-hydrogen) atoms. The molecule has 164 valence electrons. The predicted octanol–water partition coefficient (Wildman–Crippen LogP) is 4.27. The van der Waals surface area contributed by atoms with Crippen LogP contribution in [-0.2, 0) is 11.4 Å². The molecular weight excluding hydrogens is 397 g/mol. The Morgan fingerprint density at radius 3 is 2.52 bits per heavy atom. The molecule has 0 aromatic heterocycles. The number of halogens is 1. The van der Waals surface area contributed by atoms with E-state index in [0.29, 0.717) is 31.1 Å². The van der Waals surface area contributed by atoms with Gasteiger partial charge in [-0.15, -0.1) is 0 Å². The minimum Gasteiger partial charge on any atom is -0.489 e. The molecule has 0 unspecified atom stereocenters. The fourth-order valence-corrected chi connectivity index (χ4v) is 4.13. The zero-order valence-corrected chi connectivity index (χ0v) is 17.6. The molecule has 1 N–H and O–H groups in total. The minimum atomic E-state index is -0.281. The molecule has 2 aliphatic heterocycles. The molecule has 4 rings (SSSR count). The topological polar surface area (TPSA) is 61.9 Å². The second-order valence-electron chi connectivity index (χ2n) is 8.19. The SMILES string of the molecule is O=C(Nc1cccc(OCc2ccc(F)cc2)c1)[C@H]1CCCN(C(=O)N2CCCC2)C1. The highest BCUT2D eigenvalue weighted by Crippen LogP contribution is 2.23. The Morgan fingerprint density at radius 1 is 1.00 bits per heavy atom. The Labute approximate surface area is 182 Å². The number of amides is 3. The van der Waals surface area contributed by atoms with Gasteiger partial charge in [-0.3, -0.25) is 4.79 Å². The molecule has 0 spiro atoms. The van der Waals surface area contributed by atoms with Gasteiger partial charge in [0, 0.05) is 37.9 Å². The van der Waals surface area contributed by atoms with Gasteiger partial charge in [-0.1, -0.05) is 18.2 Å². The van der Waals surface area contributed by atoms with Crippen molar-refractivity contribution in [1.82, 2.24) is 9.80 Å². The lowest BCUT2D eigenvalue weighted by Gasteiger charge is -2.34. The summed E-state index contributed by atoms with van der Waals surface area (Å²) in [4.78, 5) is 29.2. The van der Waals surface area contributed by atoms with E-state index >= 15 is 0 Å². The highest BCUT2D eigenvalue weighted by atomic mass is 19.1. The van der Waals surface area contributed by atoms with Crippen molar-refractivity contribution in [3.63, 3.8) is 0 Å². The lowest BCUT2D eigenvalue weighted by atomic mass is 9.97. The lowest BCUT2D eigenvalue weighted by molar-refractivity contribution is -0.121. The maximum atomic E-state index is 13.0. The smallest absolute Gasteiger partial charge is 0.320 e. The van der Waals surface area contributed by atoms with Gasteiger partial charge in [0.25, 0.3) is 0 Å².